The molecule has 2 heterocycles. The SMILES string of the molecule is CC(C)(/C=C/C(C)(C)C1=[N+](CCCCCC(=O)O)c2ccc(S(=O)(=O)[O-])cc2C1(C)C)/C=C1/N(CCCCCC(=O)O)c2ccc(S(=O)(=O)O)cc2C1(C)C. The highest BCUT2D eigenvalue weighted by molar-refractivity contribution is 7.86. The van der Waals surface area contributed by atoms with Crippen LogP contribution in [0.4, 0.5) is 11.4 Å². The number of benzene rings is 2. The molecular formula is C41H56N2O10S2. The molecule has 0 fully saturated rings. The van der Waals surface area contributed by atoms with Crippen molar-refractivity contribution in [2.45, 2.75) is 127 Å². The fourth-order valence-corrected chi connectivity index (χ4v) is 9.25. The van der Waals surface area contributed by atoms with E-state index in [0.29, 0.717) is 51.6 Å². The van der Waals surface area contributed by atoms with Gasteiger partial charge < -0.3 is 19.7 Å². The maximum Gasteiger partial charge on any atom is 0.303 e. The zero-order chi connectivity index (χ0) is 41.4. The molecule has 302 valence electrons. The van der Waals surface area contributed by atoms with Crippen LogP contribution in [0.5, 0.6) is 0 Å². The van der Waals surface area contributed by atoms with Crippen molar-refractivity contribution in [3.63, 3.8) is 0 Å². The Bertz CT molecular complexity index is 2140. The highest BCUT2D eigenvalue weighted by atomic mass is 32.2. The minimum Gasteiger partial charge on any atom is -0.744 e. The summed E-state index contributed by atoms with van der Waals surface area (Å²) in [6, 6.07) is 9.12. The molecule has 12 nitrogen and oxygen atoms in total. The molecule has 14 heteroatoms. The molecule has 2 aliphatic heterocycles. The number of carbonyl (C=O) groups is 2. The molecule has 55 heavy (non-hydrogen) atoms. The standard InChI is InChI=1S/C41H56N2O10S2/c1-38(2,27-34-40(5,6)30-25-28(54(48,49)50)17-19-32(30)42(34)23-13-9-11-15-35(44)45)21-22-39(3,4)37-41(7,8)31-26-29(55(51,52)53)18-20-33(31)43(37)24-14-10-12-16-36(46)47/h17-22,25-27H,9-16,23-24H2,1-8H3,(H3-,44,45,46,47,48,49,50,51,52,53)/b22-21+,34-27+. The average molecular weight is 801 g/mol. The number of unbranched alkanes of at least 4 members (excludes halogenated alkanes) is 4. The van der Waals surface area contributed by atoms with Gasteiger partial charge in [-0.15, -0.1) is 0 Å². The third-order valence-electron chi connectivity index (χ3n) is 10.8. The average Bonchev–Trinajstić information content (AvgIpc) is 3.40. The van der Waals surface area contributed by atoms with Gasteiger partial charge in [-0.1, -0.05) is 52.3 Å². The zero-order valence-corrected chi connectivity index (χ0v) is 34.8. The lowest BCUT2D eigenvalue weighted by Crippen LogP contribution is -2.40. The molecule has 0 saturated heterocycles. The summed E-state index contributed by atoms with van der Waals surface area (Å²) in [4.78, 5) is 23.9. The third kappa shape index (κ3) is 9.94. The molecule has 0 aromatic heterocycles. The molecule has 2 aliphatic rings. The van der Waals surface area contributed by atoms with Gasteiger partial charge in [0.25, 0.3) is 10.1 Å². The number of hydrogen-bond donors (Lipinski definition) is 3. The van der Waals surface area contributed by atoms with Gasteiger partial charge in [-0.3, -0.25) is 14.1 Å². The Morgan fingerprint density at radius 3 is 1.91 bits per heavy atom. The van der Waals surface area contributed by atoms with Crippen LogP contribution in [0.1, 0.15) is 118 Å². The summed E-state index contributed by atoms with van der Waals surface area (Å²) < 4.78 is 72.5. The molecule has 0 aliphatic carbocycles. The number of fused-ring (bicyclic) bond motifs is 2. The highest BCUT2D eigenvalue weighted by Gasteiger charge is 2.52. The number of aliphatic carboxylic acids is 2. The number of allylic oxidation sites excluding steroid dienone is 4. The Balaban J connectivity index is 1.76. The second kappa shape index (κ2) is 16.0. The molecular weight excluding hydrogens is 745 g/mol. The fraction of sp³-hybridized carbons (Fsp3) is 0.537. The molecule has 0 unspecified atom stereocenters. The van der Waals surface area contributed by atoms with E-state index in [4.69, 9.17) is 10.2 Å². The number of nitrogens with zero attached hydrogens (tertiary/aromatic N) is 2. The van der Waals surface area contributed by atoms with Crippen LogP contribution in [0.3, 0.4) is 0 Å². The predicted molar refractivity (Wildman–Crippen MR) is 211 cm³/mol. The zero-order valence-electron chi connectivity index (χ0n) is 33.2. The van der Waals surface area contributed by atoms with Crippen molar-refractivity contribution in [3.8, 4) is 0 Å². The Hall–Kier alpha value is -3.85. The van der Waals surface area contributed by atoms with E-state index in [0.717, 1.165) is 33.9 Å². The largest absolute Gasteiger partial charge is 0.744 e. The molecule has 4 rings (SSSR count). The molecule has 0 radical (unpaired) electrons. The number of rotatable bonds is 18. The number of carboxylic acids is 2. The summed E-state index contributed by atoms with van der Waals surface area (Å²) in [5.41, 5.74) is 2.56. The van der Waals surface area contributed by atoms with Crippen LogP contribution in [-0.2, 0) is 40.7 Å². The summed E-state index contributed by atoms with van der Waals surface area (Å²) >= 11 is 0. The van der Waals surface area contributed by atoms with Gasteiger partial charge in [-0.05, 0) is 89.3 Å². The Morgan fingerprint density at radius 1 is 0.782 bits per heavy atom. The van der Waals surface area contributed by atoms with Crippen molar-refractivity contribution < 1.29 is 50.3 Å². The summed E-state index contributed by atoms with van der Waals surface area (Å²) in [6.07, 6.45) is 10.4. The van der Waals surface area contributed by atoms with Crippen molar-refractivity contribution in [1.82, 2.24) is 0 Å². The van der Waals surface area contributed by atoms with Crippen LogP contribution in [0.2, 0.25) is 0 Å². The lowest BCUT2D eigenvalue weighted by Gasteiger charge is -2.32. The van der Waals surface area contributed by atoms with Gasteiger partial charge in [0.2, 0.25) is 5.69 Å². The van der Waals surface area contributed by atoms with E-state index in [9.17, 15) is 35.5 Å². The van der Waals surface area contributed by atoms with E-state index in [1.54, 1.807) is 12.1 Å². The minimum atomic E-state index is -4.70. The quantitative estimate of drug-likeness (QED) is 0.0577. The van der Waals surface area contributed by atoms with E-state index >= 15 is 0 Å². The van der Waals surface area contributed by atoms with Crippen LogP contribution in [0.15, 0.2) is 70.1 Å². The van der Waals surface area contributed by atoms with E-state index in [-0.39, 0.29) is 22.6 Å². The first-order chi connectivity index (χ1) is 25.2. The monoisotopic (exact) mass is 800 g/mol. The third-order valence-corrected chi connectivity index (χ3v) is 12.5. The topological polar surface area (TPSA) is 192 Å². The number of carboxylic acid groups (broad SMARTS) is 2. The first-order valence-corrected chi connectivity index (χ1v) is 21.6. The summed E-state index contributed by atoms with van der Waals surface area (Å²) in [6.45, 7) is 17.5. The molecule has 0 bridgehead atoms. The van der Waals surface area contributed by atoms with Gasteiger partial charge >= 0.3 is 11.9 Å². The van der Waals surface area contributed by atoms with Crippen LogP contribution < -0.4 is 4.90 Å². The Labute approximate surface area is 326 Å². The van der Waals surface area contributed by atoms with Gasteiger partial charge in [0, 0.05) is 59.7 Å². The van der Waals surface area contributed by atoms with E-state index in [1.165, 1.54) is 24.3 Å². The summed E-state index contributed by atoms with van der Waals surface area (Å²) in [5, 5.41) is 18.2. The van der Waals surface area contributed by atoms with Crippen molar-refractivity contribution in [2.75, 3.05) is 18.0 Å². The first kappa shape index (κ1) is 43.9. The molecule has 2 aromatic carbocycles. The van der Waals surface area contributed by atoms with E-state index in [1.807, 2.05) is 27.7 Å². The second-order valence-electron chi connectivity index (χ2n) is 17.0. The molecule has 3 N–H and O–H groups in total. The molecule has 0 spiro atoms. The second-order valence-corrected chi connectivity index (χ2v) is 19.8. The molecule has 0 amide bonds. The van der Waals surface area contributed by atoms with Crippen molar-refractivity contribution >= 4 is 49.3 Å². The van der Waals surface area contributed by atoms with Gasteiger partial charge in [0.1, 0.15) is 16.7 Å². The van der Waals surface area contributed by atoms with Crippen LogP contribution in [0.25, 0.3) is 0 Å². The predicted octanol–water partition coefficient (Wildman–Crippen LogP) is 7.79. The van der Waals surface area contributed by atoms with Crippen molar-refractivity contribution in [1.29, 1.82) is 0 Å². The maximum atomic E-state index is 12.1. The maximum absolute atomic E-state index is 12.1. The van der Waals surface area contributed by atoms with Gasteiger partial charge in [0.05, 0.1) is 20.6 Å². The van der Waals surface area contributed by atoms with Crippen LogP contribution in [0, 0.1) is 10.8 Å². The first-order valence-electron chi connectivity index (χ1n) is 18.7. The summed E-state index contributed by atoms with van der Waals surface area (Å²) in [7, 11) is -9.14. The lowest BCUT2D eigenvalue weighted by atomic mass is 9.69. The van der Waals surface area contributed by atoms with E-state index in [2.05, 4.69) is 55.4 Å². The number of hydrogen-bond acceptors (Lipinski definition) is 8. The summed E-state index contributed by atoms with van der Waals surface area (Å²) in [5.74, 6) is -1.69. The van der Waals surface area contributed by atoms with Gasteiger partial charge in [-0.2, -0.15) is 13.0 Å². The van der Waals surface area contributed by atoms with Gasteiger partial charge in [-0.25, -0.2) is 8.42 Å². The molecule has 0 atom stereocenters. The lowest BCUT2D eigenvalue weighted by molar-refractivity contribution is -0.443. The Kier molecular flexibility index (Phi) is 12.7. The molecule has 2 aromatic rings. The fourth-order valence-electron chi connectivity index (χ4n) is 8.24. The minimum absolute atomic E-state index is 0.0773. The smallest absolute Gasteiger partial charge is 0.303 e. The van der Waals surface area contributed by atoms with E-state index < -0.39 is 53.8 Å². The van der Waals surface area contributed by atoms with Crippen molar-refractivity contribution in [2.24, 2.45) is 10.8 Å². The van der Waals surface area contributed by atoms with Gasteiger partial charge in [0.15, 0.2) is 5.71 Å². The van der Waals surface area contributed by atoms with Crippen LogP contribution in [-0.4, -0.2) is 71.5 Å². The molecule has 0 saturated carbocycles. The number of anilines is 1. The highest BCUT2D eigenvalue weighted by Crippen LogP contribution is 2.51. The van der Waals surface area contributed by atoms with Crippen LogP contribution >= 0.6 is 0 Å². The van der Waals surface area contributed by atoms with Crippen molar-refractivity contribution in [3.05, 3.63) is 71.5 Å². The normalized spacial score (nSPS) is 17.6. The Morgan fingerprint density at radius 2 is 1.35 bits per heavy atom.